The zero-order chi connectivity index (χ0) is 8.10. The number of hydrogen-bond donors (Lipinski definition) is 0. The van der Waals surface area contributed by atoms with Crippen molar-refractivity contribution in [2.45, 2.75) is 13.8 Å². The van der Waals surface area contributed by atoms with Crippen LogP contribution >= 0.6 is 0 Å². The highest BCUT2D eigenvalue weighted by Gasteiger charge is 2.06. The van der Waals surface area contributed by atoms with E-state index in [4.69, 9.17) is 0 Å². The van der Waals surface area contributed by atoms with Crippen molar-refractivity contribution in [2.75, 3.05) is 0 Å². The van der Waals surface area contributed by atoms with Crippen LogP contribution in [0.2, 0.25) is 0 Å². The normalized spacial score (nSPS) is 23.8. The molecule has 1 rings (SSSR count). The van der Waals surface area contributed by atoms with E-state index in [9.17, 15) is 0 Å². The van der Waals surface area contributed by atoms with Crippen LogP contribution in [0.3, 0.4) is 0 Å². The fourth-order valence-corrected chi connectivity index (χ4v) is 0.934. The summed E-state index contributed by atoms with van der Waals surface area (Å²) in [6.45, 7) is 4.14. The third-order valence-electron chi connectivity index (χ3n) is 1.64. The van der Waals surface area contributed by atoms with E-state index in [1.807, 2.05) is 37.4 Å². The monoisotopic (exact) mass is 147 g/mol. The predicted molar refractivity (Wildman–Crippen MR) is 49.7 cm³/mol. The third kappa shape index (κ3) is 2.19. The highest BCUT2D eigenvalue weighted by atomic mass is 14.7. The summed E-state index contributed by atoms with van der Waals surface area (Å²) in [5, 5.41) is 0. The van der Waals surface area contributed by atoms with Gasteiger partial charge in [-0.1, -0.05) is 31.2 Å². The largest absolute Gasteiger partial charge is 0.261 e. The highest BCUT2D eigenvalue weighted by Crippen LogP contribution is 2.09. The average Bonchev–Trinajstić information content (AvgIpc) is 2.37. The molecular weight excluding hydrogens is 134 g/mol. The van der Waals surface area contributed by atoms with Crippen LogP contribution in [0, 0.1) is 5.92 Å². The zero-order valence-electron chi connectivity index (χ0n) is 6.99. The van der Waals surface area contributed by atoms with Crippen LogP contribution < -0.4 is 0 Å². The van der Waals surface area contributed by atoms with Gasteiger partial charge in [-0.15, -0.1) is 0 Å². The van der Waals surface area contributed by atoms with Crippen LogP contribution in [-0.2, 0) is 0 Å². The summed E-state index contributed by atoms with van der Waals surface area (Å²) in [6.07, 6.45) is 12.0. The van der Waals surface area contributed by atoms with E-state index in [1.54, 1.807) is 0 Å². The second kappa shape index (κ2) is 3.91. The fourth-order valence-electron chi connectivity index (χ4n) is 0.934. The van der Waals surface area contributed by atoms with Crippen molar-refractivity contribution >= 4 is 5.71 Å². The Bertz CT molecular complexity index is 231. The molecule has 1 unspecified atom stereocenters. The molecule has 0 bridgehead atoms. The molecule has 0 amide bonds. The van der Waals surface area contributed by atoms with Crippen LogP contribution in [0.5, 0.6) is 0 Å². The molecule has 1 heterocycles. The van der Waals surface area contributed by atoms with Crippen LogP contribution in [0.1, 0.15) is 13.8 Å². The van der Waals surface area contributed by atoms with Gasteiger partial charge in [0.05, 0.1) is 0 Å². The maximum Gasteiger partial charge on any atom is 0.0469 e. The second-order valence-electron chi connectivity index (χ2n) is 2.57. The molecule has 0 spiro atoms. The van der Waals surface area contributed by atoms with Crippen molar-refractivity contribution in [3.63, 3.8) is 0 Å². The van der Waals surface area contributed by atoms with E-state index >= 15 is 0 Å². The summed E-state index contributed by atoms with van der Waals surface area (Å²) < 4.78 is 0. The first-order chi connectivity index (χ1) is 5.34. The number of nitrogens with zero attached hydrogens (tertiary/aromatic N) is 1. The lowest BCUT2D eigenvalue weighted by Crippen LogP contribution is -1.99. The smallest absolute Gasteiger partial charge is 0.0469 e. The van der Waals surface area contributed by atoms with Crippen molar-refractivity contribution < 1.29 is 0 Å². The van der Waals surface area contributed by atoms with Crippen molar-refractivity contribution in [3.8, 4) is 0 Å². The van der Waals surface area contributed by atoms with Crippen LogP contribution in [0.15, 0.2) is 41.6 Å². The quantitative estimate of drug-likeness (QED) is 0.532. The van der Waals surface area contributed by atoms with Crippen molar-refractivity contribution in [3.05, 3.63) is 36.6 Å². The average molecular weight is 147 g/mol. The molecule has 0 radical (unpaired) electrons. The zero-order valence-corrected chi connectivity index (χ0v) is 6.99. The van der Waals surface area contributed by atoms with Gasteiger partial charge in [0.1, 0.15) is 0 Å². The number of allylic oxidation sites excluding steroid dienone is 5. The molecule has 1 aliphatic heterocycles. The molecule has 0 aromatic carbocycles. The van der Waals surface area contributed by atoms with E-state index in [1.165, 1.54) is 0 Å². The van der Waals surface area contributed by atoms with Gasteiger partial charge < -0.3 is 0 Å². The lowest BCUT2D eigenvalue weighted by Gasteiger charge is -1.97. The van der Waals surface area contributed by atoms with Gasteiger partial charge >= 0.3 is 0 Å². The minimum atomic E-state index is 0.483. The van der Waals surface area contributed by atoms with E-state index in [2.05, 4.69) is 18.0 Å². The lowest BCUT2D eigenvalue weighted by atomic mass is 10.1. The van der Waals surface area contributed by atoms with Gasteiger partial charge in [-0.05, 0) is 13.0 Å². The minimum Gasteiger partial charge on any atom is -0.261 e. The van der Waals surface area contributed by atoms with Crippen LogP contribution in [0.4, 0.5) is 0 Å². The maximum atomic E-state index is 4.20. The van der Waals surface area contributed by atoms with E-state index in [-0.39, 0.29) is 0 Å². The molecule has 1 atom stereocenters. The Morgan fingerprint density at radius 3 is 2.82 bits per heavy atom. The predicted octanol–water partition coefficient (Wildman–Crippen LogP) is 2.72. The Hall–Kier alpha value is -1.11. The summed E-state index contributed by atoms with van der Waals surface area (Å²) >= 11 is 0. The lowest BCUT2D eigenvalue weighted by molar-refractivity contribution is 1.03. The van der Waals surface area contributed by atoms with E-state index in [0.29, 0.717) is 5.92 Å². The van der Waals surface area contributed by atoms with Gasteiger partial charge in [0, 0.05) is 17.8 Å². The number of rotatable bonds is 2. The molecule has 0 aromatic rings. The summed E-state index contributed by atoms with van der Waals surface area (Å²) in [5.41, 5.74) is 1.14. The first-order valence-electron chi connectivity index (χ1n) is 3.88. The molecule has 0 saturated heterocycles. The Morgan fingerprint density at radius 2 is 2.27 bits per heavy atom. The molecule has 11 heavy (non-hydrogen) atoms. The topological polar surface area (TPSA) is 12.4 Å². The van der Waals surface area contributed by atoms with Gasteiger partial charge in [-0.25, -0.2) is 0 Å². The van der Waals surface area contributed by atoms with Crippen LogP contribution in [-0.4, -0.2) is 5.71 Å². The second-order valence-corrected chi connectivity index (χ2v) is 2.57. The molecule has 1 aliphatic rings. The molecule has 0 fully saturated rings. The van der Waals surface area contributed by atoms with Gasteiger partial charge in [-0.2, -0.15) is 0 Å². The SMILES string of the molecule is C/C=C\C=C/C1=NC=CC1C. The Labute approximate surface area is 67.8 Å². The molecule has 0 aliphatic carbocycles. The Balaban J connectivity index is 2.51. The van der Waals surface area contributed by atoms with Crippen molar-refractivity contribution in [1.82, 2.24) is 0 Å². The first-order valence-corrected chi connectivity index (χ1v) is 3.88. The van der Waals surface area contributed by atoms with Gasteiger partial charge in [0.25, 0.3) is 0 Å². The Kier molecular flexibility index (Phi) is 2.84. The van der Waals surface area contributed by atoms with Crippen molar-refractivity contribution in [2.24, 2.45) is 10.9 Å². The van der Waals surface area contributed by atoms with Gasteiger partial charge in [0.2, 0.25) is 0 Å². The van der Waals surface area contributed by atoms with E-state index in [0.717, 1.165) is 5.71 Å². The summed E-state index contributed by atoms with van der Waals surface area (Å²) in [6, 6.07) is 0. The first kappa shape index (κ1) is 7.99. The minimum absolute atomic E-state index is 0.483. The van der Waals surface area contributed by atoms with Gasteiger partial charge in [0.15, 0.2) is 0 Å². The fraction of sp³-hybridized carbons (Fsp3) is 0.300. The highest BCUT2D eigenvalue weighted by molar-refractivity contribution is 5.99. The molecule has 0 aromatic heterocycles. The molecule has 1 heteroatoms. The van der Waals surface area contributed by atoms with E-state index < -0.39 is 0 Å². The van der Waals surface area contributed by atoms with Gasteiger partial charge in [-0.3, -0.25) is 4.99 Å². The molecule has 58 valence electrons. The third-order valence-corrected chi connectivity index (χ3v) is 1.64. The summed E-state index contributed by atoms with van der Waals surface area (Å²) in [4.78, 5) is 4.20. The molecule has 0 N–H and O–H groups in total. The standard InChI is InChI=1S/C10H13N/c1-3-4-5-6-10-9(2)7-8-11-10/h3-9H,1-2H3/b4-3-,6-5-. The van der Waals surface area contributed by atoms with Crippen LogP contribution in [0.25, 0.3) is 0 Å². The Morgan fingerprint density at radius 1 is 1.45 bits per heavy atom. The molecule has 1 nitrogen and oxygen atoms in total. The summed E-state index contributed by atoms with van der Waals surface area (Å²) in [5.74, 6) is 0.483. The molecule has 0 saturated carbocycles. The molecular formula is C10H13N. The summed E-state index contributed by atoms with van der Waals surface area (Å²) in [7, 11) is 0. The maximum absolute atomic E-state index is 4.20. The number of aliphatic imine (C=N–C) groups is 1. The van der Waals surface area contributed by atoms with Crippen molar-refractivity contribution in [1.29, 1.82) is 0 Å². The number of hydrogen-bond acceptors (Lipinski definition) is 1.